The summed E-state index contributed by atoms with van der Waals surface area (Å²) in [5.74, 6) is 1.13. The molecule has 1 aliphatic carbocycles. The molecule has 3 fully saturated rings. The van der Waals surface area contributed by atoms with Crippen molar-refractivity contribution in [2.24, 2.45) is 0 Å². The van der Waals surface area contributed by atoms with Gasteiger partial charge in [-0.3, -0.25) is 19.4 Å². The van der Waals surface area contributed by atoms with Gasteiger partial charge < -0.3 is 0 Å². The molecule has 0 spiro atoms. The summed E-state index contributed by atoms with van der Waals surface area (Å²) in [6.45, 7) is 2.44. The van der Waals surface area contributed by atoms with Crippen LogP contribution >= 0.6 is 23.5 Å². The van der Waals surface area contributed by atoms with Gasteiger partial charge in [0.15, 0.2) is 0 Å². The number of barbiturate groups is 1. The largest absolute Gasteiger partial charge is 0.334 e. The maximum Gasteiger partial charge on any atom is 0.334 e. The highest BCUT2D eigenvalue weighted by Crippen LogP contribution is 2.40. The Hall–Kier alpha value is -0.950. The molecule has 0 aromatic rings. The van der Waals surface area contributed by atoms with Gasteiger partial charge in [-0.15, -0.1) is 23.5 Å². The van der Waals surface area contributed by atoms with Gasteiger partial charge in [0.1, 0.15) is 5.57 Å². The van der Waals surface area contributed by atoms with Crippen LogP contribution in [0.3, 0.4) is 0 Å². The maximum atomic E-state index is 13.2. The van der Waals surface area contributed by atoms with Crippen molar-refractivity contribution in [3.8, 4) is 0 Å². The van der Waals surface area contributed by atoms with E-state index in [-0.39, 0.29) is 23.4 Å². The molecule has 0 bridgehead atoms. The molecule has 26 heavy (non-hydrogen) atoms. The zero-order chi connectivity index (χ0) is 18.5. The third kappa shape index (κ3) is 4.14. The maximum absolute atomic E-state index is 13.2. The Morgan fingerprint density at radius 2 is 1.58 bits per heavy atom. The van der Waals surface area contributed by atoms with Crippen molar-refractivity contribution in [2.75, 3.05) is 18.1 Å². The summed E-state index contributed by atoms with van der Waals surface area (Å²) < 4.78 is 0.818. The highest BCUT2D eigenvalue weighted by atomic mass is 32.2. The minimum atomic E-state index is -0.393. The molecule has 0 N–H and O–H groups in total. The lowest BCUT2D eigenvalue weighted by atomic mass is 10.0. The zero-order valence-electron chi connectivity index (χ0n) is 15.5. The topological polar surface area (TPSA) is 57.7 Å². The first-order chi connectivity index (χ1) is 12.6. The smallest absolute Gasteiger partial charge is 0.268 e. The molecule has 7 heteroatoms. The number of thioether (sulfide) groups is 2. The second-order valence-electron chi connectivity index (χ2n) is 7.13. The Labute approximate surface area is 164 Å². The monoisotopic (exact) mass is 396 g/mol. The molecule has 2 heterocycles. The van der Waals surface area contributed by atoms with Gasteiger partial charge in [-0.25, -0.2) is 4.79 Å². The normalized spacial score (nSPS) is 23.7. The van der Waals surface area contributed by atoms with Crippen molar-refractivity contribution in [1.82, 2.24) is 9.80 Å². The van der Waals surface area contributed by atoms with Crippen LogP contribution in [0, 0.1) is 0 Å². The van der Waals surface area contributed by atoms with Crippen molar-refractivity contribution >= 4 is 41.4 Å². The highest BCUT2D eigenvalue weighted by molar-refractivity contribution is 8.22. The van der Waals surface area contributed by atoms with Gasteiger partial charge in [-0.05, 0) is 37.2 Å². The van der Waals surface area contributed by atoms with E-state index in [0.717, 1.165) is 73.5 Å². The van der Waals surface area contributed by atoms with Crippen LogP contribution in [-0.4, -0.2) is 51.7 Å². The molecule has 2 saturated heterocycles. The molecule has 0 unspecified atom stereocenters. The number of hydrogen-bond donors (Lipinski definition) is 0. The van der Waals surface area contributed by atoms with Crippen LogP contribution in [-0.2, 0) is 9.59 Å². The van der Waals surface area contributed by atoms with Crippen molar-refractivity contribution in [1.29, 1.82) is 0 Å². The minimum Gasteiger partial charge on any atom is -0.268 e. The Morgan fingerprint density at radius 1 is 0.923 bits per heavy atom. The third-order valence-corrected chi connectivity index (χ3v) is 7.84. The van der Waals surface area contributed by atoms with Crippen LogP contribution in [0.4, 0.5) is 4.79 Å². The predicted octanol–water partition coefficient (Wildman–Crippen LogP) is 4.38. The summed E-state index contributed by atoms with van der Waals surface area (Å²) in [7, 11) is 0. The summed E-state index contributed by atoms with van der Waals surface area (Å²) >= 11 is 3.19. The van der Waals surface area contributed by atoms with Crippen LogP contribution < -0.4 is 0 Å². The third-order valence-electron chi connectivity index (χ3n) is 5.21. The van der Waals surface area contributed by atoms with Gasteiger partial charge in [0.2, 0.25) is 0 Å². The molecular formula is C19H28N2O3S2. The summed E-state index contributed by atoms with van der Waals surface area (Å²) in [4.78, 5) is 42.1. The summed E-state index contributed by atoms with van der Waals surface area (Å²) in [6.07, 6.45) is 8.87. The van der Waals surface area contributed by atoms with E-state index in [9.17, 15) is 14.4 Å². The van der Waals surface area contributed by atoms with Gasteiger partial charge in [0.05, 0.1) is 4.24 Å². The molecule has 144 valence electrons. The highest BCUT2D eigenvalue weighted by Gasteiger charge is 2.46. The first-order valence-electron chi connectivity index (χ1n) is 9.84. The average molecular weight is 397 g/mol. The van der Waals surface area contributed by atoms with Crippen LogP contribution in [0.1, 0.15) is 64.7 Å². The Bertz CT molecular complexity index is 590. The standard InChI is InChI=1S/C19H28N2O3S2/c1-2-3-11-20-16(22)15(18-25-12-8-13-26-18)17(23)21(19(20)24)14-9-6-4-5-7-10-14/h14H,2-13H2,1H3. The summed E-state index contributed by atoms with van der Waals surface area (Å²) in [6, 6.07) is -0.459. The van der Waals surface area contributed by atoms with Gasteiger partial charge in [-0.2, -0.15) is 0 Å². The molecule has 2 aliphatic heterocycles. The van der Waals surface area contributed by atoms with Crippen LogP contribution in [0.2, 0.25) is 0 Å². The van der Waals surface area contributed by atoms with Crippen molar-refractivity contribution in [2.45, 2.75) is 70.8 Å². The molecule has 3 rings (SSSR count). The first-order valence-corrected chi connectivity index (χ1v) is 11.8. The molecule has 5 nitrogen and oxygen atoms in total. The van der Waals surface area contributed by atoms with Crippen LogP contribution in [0.5, 0.6) is 0 Å². The predicted molar refractivity (Wildman–Crippen MR) is 107 cm³/mol. The molecule has 0 radical (unpaired) electrons. The number of nitrogens with zero attached hydrogens (tertiary/aromatic N) is 2. The van der Waals surface area contributed by atoms with Gasteiger partial charge >= 0.3 is 6.03 Å². The first kappa shape index (κ1) is 19.8. The lowest BCUT2D eigenvalue weighted by molar-refractivity contribution is -0.137. The lowest BCUT2D eigenvalue weighted by Gasteiger charge is -2.39. The van der Waals surface area contributed by atoms with Gasteiger partial charge in [-0.1, -0.05) is 39.0 Å². The Balaban J connectivity index is 1.95. The molecule has 4 amide bonds. The SMILES string of the molecule is CCCCN1C(=O)C(=C2SCCCS2)C(=O)N(C2CCCCCC2)C1=O. The minimum absolute atomic E-state index is 0.0658. The molecular weight excluding hydrogens is 368 g/mol. The summed E-state index contributed by atoms with van der Waals surface area (Å²) in [5.41, 5.74) is 0.250. The Morgan fingerprint density at radius 3 is 2.19 bits per heavy atom. The molecule has 0 aromatic carbocycles. The van der Waals surface area contributed by atoms with Crippen molar-refractivity contribution < 1.29 is 14.4 Å². The van der Waals surface area contributed by atoms with E-state index in [1.165, 1.54) is 9.80 Å². The van der Waals surface area contributed by atoms with Gasteiger partial charge in [0, 0.05) is 12.6 Å². The number of unbranched alkanes of at least 4 members (excludes halogenated alkanes) is 1. The van der Waals surface area contributed by atoms with Crippen LogP contribution in [0.15, 0.2) is 9.81 Å². The quantitative estimate of drug-likeness (QED) is 0.401. The average Bonchev–Trinajstić information content (AvgIpc) is 2.92. The molecule has 0 aromatic heterocycles. The second-order valence-corrected chi connectivity index (χ2v) is 9.60. The number of hydrogen-bond acceptors (Lipinski definition) is 5. The van der Waals surface area contributed by atoms with Crippen LogP contribution in [0.25, 0.3) is 0 Å². The fourth-order valence-electron chi connectivity index (χ4n) is 3.75. The van der Waals surface area contributed by atoms with E-state index < -0.39 is 6.03 Å². The second kappa shape index (κ2) is 9.31. The van der Waals surface area contributed by atoms with Gasteiger partial charge in [0.25, 0.3) is 11.8 Å². The van der Waals surface area contributed by atoms with E-state index >= 15 is 0 Å². The van der Waals surface area contributed by atoms with Crippen molar-refractivity contribution in [3.05, 3.63) is 9.81 Å². The van der Waals surface area contributed by atoms with E-state index in [4.69, 9.17) is 0 Å². The number of urea groups is 1. The molecule has 0 atom stereocenters. The summed E-state index contributed by atoms with van der Waals surface area (Å²) in [5, 5.41) is 0. The fraction of sp³-hybridized carbons (Fsp3) is 0.737. The lowest BCUT2D eigenvalue weighted by Crippen LogP contribution is -2.59. The van der Waals surface area contributed by atoms with Crippen molar-refractivity contribution in [3.63, 3.8) is 0 Å². The number of carbonyl (C=O) groups excluding carboxylic acids is 3. The molecule has 3 aliphatic rings. The zero-order valence-corrected chi connectivity index (χ0v) is 17.1. The number of carbonyl (C=O) groups is 3. The number of imide groups is 2. The van der Waals surface area contributed by atoms with E-state index in [2.05, 4.69) is 0 Å². The van der Waals surface area contributed by atoms with E-state index in [0.29, 0.717) is 6.54 Å². The molecule has 1 saturated carbocycles. The number of rotatable bonds is 4. The number of amides is 4. The van der Waals surface area contributed by atoms with E-state index in [1.54, 1.807) is 23.5 Å². The Kier molecular flexibility index (Phi) is 7.09. The van der Waals surface area contributed by atoms with E-state index in [1.807, 2.05) is 6.92 Å². The fourth-order valence-corrected chi connectivity index (χ4v) is 6.35.